The van der Waals surface area contributed by atoms with Crippen LogP contribution in [-0.2, 0) is 79.4 Å². The fraction of sp³-hybridized carbons (Fsp3) is 0.482. The zero-order valence-corrected chi connectivity index (χ0v) is 52.7. The Morgan fingerprint density at radius 2 is 0.917 bits per heavy atom. The van der Waals surface area contributed by atoms with Gasteiger partial charge in [0.15, 0.2) is 0 Å². The smallest absolute Gasteiger partial charge is 0.748 e. The van der Waals surface area contributed by atoms with Gasteiger partial charge >= 0.3 is 76.2 Å². The number of sulfonamides is 1. The van der Waals surface area contributed by atoms with Crippen LogP contribution >= 0.6 is 0 Å². The molecule has 6 aromatic rings. The van der Waals surface area contributed by atoms with Crippen LogP contribution in [0.15, 0.2) is 53.4 Å². The van der Waals surface area contributed by atoms with Crippen LogP contribution in [0.4, 0.5) is 17.6 Å². The average Bonchev–Trinajstić information content (AvgIpc) is 4.35. The van der Waals surface area contributed by atoms with Crippen molar-refractivity contribution >= 4 is 81.6 Å². The maximum Gasteiger partial charge on any atom is 2.00 e. The summed E-state index contributed by atoms with van der Waals surface area (Å²) < 4.78 is 90.0. The van der Waals surface area contributed by atoms with Crippen LogP contribution in [0.2, 0.25) is 0 Å². The van der Waals surface area contributed by atoms with E-state index >= 15 is 0 Å². The minimum absolute atomic E-state index is 0. The maximum absolute atomic E-state index is 11.1. The number of aromatic nitrogens is 11. The van der Waals surface area contributed by atoms with E-state index in [4.69, 9.17) is 39.9 Å². The van der Waals surface area contributed by atoms with Crippen molar-refractivity contribution < 1.29 is 111 Å². The summed E-state index contributed by atoms with van der Waals surface area (Å²) in [5, 5.41) is 5.39. The molecule has 6 heterocycles. The largest absolute Gasteiger partial charge is 2.00 e. The summed E-state index contributed by atoms with van der Waals surface area (Å²) in [6.45, 7) is 7.88. The summed E-state index contributed by atoms with van der Waals surface area (Å²) >= 11 is 0. The van der Waals surface area contributed by atoms with E-state index in [0.717, 1.165) is 141 Å². The molecule has 0 atom stereocenters. The van der Waals surface area contributed by atoms with E-state index in [1.54, 1.807) is 0 Å². The Morgan fingerprint density at radius 3 is 1.33 bits per heavy atom. The minimum atomic E-state index is -4.60. The van der Waals surface area contributed by atoms with Crippen LogP contribution in [0, 0.1) is 0 Å². The van der Waals surface area contributed by atoms with Gasteiger partial charge in [-0.3, -0.25) is 0 Å². The van der Waals surface area contributed by atoms with Crippen molar-refractivity contribution in [3.05, 3.63) is 88.3 Å². The number of allylic oxidation sites excluding steroid dienone is 2. The maximum atomic E-state index is 11.1. The molecule has 453 valence electrons. The summed E-state index contributed by atoms with van der Waals surface area (Å²) in [6, 6.07) is 13.1. The molecule has 22 nitrogen and oxygen atoms in total. The van der Waals surface area contributed by atoms with Crippen LogP contribution in [-0.4, -0.2) is 104 Å². The third-order valence-electron chi connectivity index (χ3n) is 12.8. The Hall–Kier alpha value is -4.12. The second-order valence-corrected chi connectivity index (χ2v) is 22.7. The first-order valence-electron chi connectivity index (χ1n) is 25.7. The quantitative estimate of drug-likeness (QED) is 0.0886. The van der Waals surface area contributed by atoms with Crippen molar-refractivity contribution in [1.29, 1.82) is 0 Å². The van der Waals surface area contributed by atoms with Crippen LogP contribution in [0.25, 0.3) is 56.5 Å². The molecule has 2 aliphatic heterocycles. The fourth-order valence-corrected chi connectivity index (χ4v) is 10.8. The van der Waals surface area contributed by atoms with Gasteiger partial charge in [0.2, 0.25) is 21.9 Å². The summed E-state index contributed by atoms with van der Waals surface area (Å²) in [5.74, 6) is 2.41. The van der Waals surface area contributed by atoms with Gasteiger partial charge in [-0.15, -0.1) is 0 Å². The SMILES string of the molecule is C.C.C.C.C.CC.CC.CS(=O)(=O)NCCCc1nc(NCCS(=O)(=O)[O-])nc(Nc2ccc(S(=O)(=O)[O-])cc2)n1.[Cu+2].[Na+].[Na+].c1ccc2c(c1)-c1nc-2nc2[n-]c(nc3nc(nc4[n-]c(n1)c1c4CCCC1)C1=C3CCCC1)c1c2CCCC1. The zero-order valence-electron chi connectivity index (χ0n) is 45.4. The number of benzene rings is 2. The number of anilines is 3. The number of aryl methyl sites for hydroxylation is 5. The predicted molar refractivity (Wildman–Crippen MR) is 321 cm³/mol. The molecule has 0 unspecified atom stereocenters. The number of nitrogens with one attached hydrogen (secondary N) is 3. The molecule has 84 heavy (non-hydrogen) atoms. The van der Waals surface area contributed by atoms with Crippen molar-refractivity contribution in [1.82, 2.24) is 59.5 Å². The summed E-state index contributed by atoms with van der Waals surface area (Å²) in [6.07, 6.45) is 14.3. The molecule has 8 bridgehead atoms. The van der Waals surface area contributed by atoms with Crippen LogP contribution in [0.5, 0.6) is 0 Å². The first-order chi connectivity index (χ1) is 36.5. The molecule has 0 saturated carbocycles. The molecule has 1 radical (unpaired) electrons. The number of fused-ring (bicyclic) bond motifs is 19. The first kappa shape index (κ1) is 79.9. The van der Waals surface area contributed by atoms with Crippen molar-refractivity contribution in [2.24, 2.45) is 0 Å². The first-order valence-corrected chi connectivity index (χ1v) is 30.6. The van der Waals surface area contributed by atoms with Crippen molar-refractivity contribution in [2.75, 3.05) is 35.7 Å². The van der Waals surface area contributed by atoms with Crippen LogP contribution in [0.3, 0.4) is 0 Å². The number of rotatable bonds is 12. The fourth-order valence-electron chi connectivity index (χ4n) is 9.42. The molecule has 2 aromatic carbocycles. The molecule has 3 N–H and O–H groups in total. The second kappa shape index (κ2) is 35.6. The van der Waals surface area contributed by atoms with Gasteiger partial charge in [-0.2, -0.15) is 15.0 Å². The molecule has 28 heteroatoms. The van der Waals surface area contributed by atoms with Gasteiger partial charge in [0.05, 0.1) is 50.3 Å². The Labute approximate surface area is 552 Å². The van der Waals surface area contributed by atoms with E-state index < -0.39 is 40.9 Å². The van der Waals surface area contributed by atoms with Crippen molar-refractivity contribution in [2.45, 2.75) is 160 Å². The molecule has 5 aliphatic rings. The summed E-state index contributed by atoms with van der Waals surface area (Å²) in [5.41, 5.74) is 12.7. The summed E-state index contributed by atoms with van der Waals surface area (Å²) in [4.78, 5) is 52.5. The molecule has 0 saturated heterocycles. The van der Waals surface area contributed by atoms with Gasteiger partial charge in [-0.1, -0.05) is 89.1 Å². The van der Waals surface area contributed by atoms with E-state index in [2.05, 4.69) is 42.4 Å². The molecular formula is C56H80CuN14Na2O8S3. The van der Waals surface area contributed by atoms with E-state index in [1.165, 1.54) is 45.5 Å². The van der Waals surface area contributed by atoms with Crippen LogP contribution in [0.1, 0.15) is 162 Å². The van der Waals surface area contributed by atoms with Gasteiger partial charge in [-0.05, 0) is 141 Å². The number of hydrogen-bond acceptors (Lipinski definition) is 19. The van der Waals surface area contributed by atoms with Gasteiger partial charge in [0, 0.05) is 58.9 Å². The van der Waals surface area contributed by atoms with Gasteiger partial charge in [-0.25, -0.2) is 39.9 Å². The Morgan fingerprint density at radius 1 is 0.512 bits per heavy atom. The van der Waals surface area contributed by atoms with Gasteiger partial charge in [0.25, 0.3) is 0 Å². The summed E-state index contributed by atoms with van der Waals surface area (Å²) in [7, 11) is -12.4. The number of hydrogen-bond donors (Lipinski definition) is 3. The minimum Gasteiger partial charge on any atom is -0.748 e. The molecule has 3 aliphatic carbocycles. The van der Waals surface area contributed by atoms with E-state index in [0.29, 0.717) is 23.8 Å². The second-order valence-electron chi connectivity index (χ2n) is 18.0. The third kappa shape index (κ3) is 20.2. The average molecular weight is 1280 g/mol. The monoisotopic (exact) mass is 1280 g/mol. The standard InChI is InChI=1S/C32H28N8.C15H22N6O8S3.2C2H6.5CH4.Cu.2Na/c1-2-10-18-17(9-1)25-33-26(18)38-28-21-13-5-6-14-22(21)30(35-28)40-32-24-16-8-7-15-23(24)31(36-32)39-29-20-12-4-3-11-19(20)27(34-29)37-25;1-30(22,23)17-8-2-3-13-19-14(16-9-10-31(24,25)26)21-15(20-13)18-11-4-6-12(7-5-11)32(27,28)29;2*1-2;;;;;;;;/h1-2,9-10H,3-8,11-16H2;4-7,17H,2-3,8-10H2,1H3,(H,24,25,26)(H,27,28,29)(H2,16,18,19,20,21);2*1-2H3;5*1H4;;;/q-2;;;;;;;;;+2;2*+1/p-2. The normalized spacial score (nSPS) is 13.3. The predicted octanol–water partition coefficient (Wildman–Crippen LogP) is 3.93. The topological polar surface area (TPSA) is 329 Å². The van der Waals surface area contributed by atoms with Gasteiger partial charge < -0.3 is 49.6 Å². The third-order valence-corrected chi connectivity index (χ3v) is 15.1. The molecule has 4 aromatic heterocycles. The van der Waals surface area contributed by atoms with Gasteiger partial charge in [0.1, 0.15) is 15.9 Å². The number of nitrogens with zero attached hydrogens (tertiary/aromatic N) is 11. The molecular weight excluding hydrogens is 1200 g/mol. The molecule has 0 amide bonds. The zero-order chi connectivity index (χ0) is 54.2. The van der Waals surface area contributed by atoms with E-state index in [-0.39, 0.29) is 151 Å². The Bertz CT molecular complexity index is 3550. The molecule has 0 fully saturated rings. The van der Waals surface area contributed by atoms with Crippen LogP contribution < -0.4 is 84.4 Å². The Balaban J connectivity index is 0.00000145. The molecule has 11 rings (SSSR count). The van der Waals surface area contributed by atoms with E-state index in [1.807, 2.05) is 39.8 Å². The van der Waals surface area contributed by atoms with E-state index in [9.17, 15) is 34.4 Å². The molecule has 0 spiro atoms. The van der Waals surface area contributed by atoms with Crippen molar-refractivity contribution in [3.8, 4) is 22.8 Å². The van der Waals surface area contributed by atoms with Crippen molar-refractivity contribution in [3.63, 3.8) is 0 Å². The Kier molecular flexibility index (Phi) is 33.9.